The third-order valence-electron chi connectivity index (χ3n) is 2.57. The van der Waals surface area contributed by atoms with Crippen molar-refractivity contribution in [2.75, 3.05) is 0 Å². The Kier molecular flexibility index (Phi) is 4.16. The molecule has 1 heterocycles. The number of halogens is 3. The standard InChI is InChI=1S/C12H10BrCl2NS/c1-6-3-2-4-7(10(6)13)11(16)8-5-9(14)17-12(8)15/h2-5,11H,16H2,1H3. The molecule has 2 N–H and O–H groups in total. The fraction of sp³-hybridized carbons (Fsp3) is 0.167. The predicted octanol–water partition coefficient (Wildman–Crippen LogP) is 5.17. The molecule has 0 radical (unpaired) electrons. The van der Waals surface area contributed by atoms with Crippen LogP contribution in [0.15, 0.2) is 28.7 Å². The van der Waals surface area contributed by atoms with Gasteiger partial charge in [0.1, 0.15) is 0 Å². The van der Waals surface area contributed by atoms with Gasteiger partial charge in [-0.2, -0.15) is 0 Å². The van der Waals surface area contributed by atoms with Crippen LogP contribution in [0.4, 0.5) is 0 Å². The number of hydrogen-bond donors (Lipinski definition) is 1. The molecule has 0 spiro atoms. The molecule has 0 aliphatic rings. The lowest BCUT2D eigenvalue weighted by Crippen LogP contribution is -2.12. The highest BCUT2D eigenvalue weighted by atomic mass is 79.9. The van der Waals surface area contributed by atoms with Gasteiger partial charge in [-0.05, 0) is 24.1 Å². The smallest absolute Gasteiger partial charge is 0.0995 e. The second-order valence-electron chi connectivity index (χ2n) is 3.74. The van der Waals surface area contributed by atoms with Crippen molar-refractivity contribution in [3.05, 3.63) is 54.1 Å². The Morgan fingerprint density at radius 1 is 1.29 bits per heavy atom. The van der Waals surface area contributed by atoms with E-state index in [2.05, 4.69) is 15.9 Å². The van der Waals surface area contributed by atoms with Gasteiger partial charge in [-0.25, -0.2) is 0 Å². The summed E-state index contributed by atoms with van der Waals surface area (Å²) in [6.07, 6.45) is 0. The first-order chi connectivity index (χ1) is 8.00. The topological polar surface area (TPSA) is 26.0 Å². The molecule has 90 valence electrons. The van der Waals surface area contributed by atoms with Crippen molar-refractivity contribution < 1.29 is 0 Å². The summed E-state index contributed by atoms with van der Waals surface area (Å²) in [4.78, 5) is 0. The lowest BCUT2D eigenvalue weighted by Gasteiger charge is -2.14. The average molecular weight is 351 g/mol. The van der Waals surface area contributed by atoms with Gasteiger partial charge < -0.3 is 5.73 Å². The molecule has 0 saturated carbocycles. The van der Waals surface area contributed by atoms with Crippen LogP contribution in [0.1, 0.15) is 22.7 Å². The Morgan fingerprint density at radius 2 is 2.00 bits per heavy atom. The van der Waals surface area contributed by atoms with E-state index in [1.807, 2.05) is 31.2 Å². The van der Waals surface area contributed by atoms with Gasteiger partial charge in [0.2, 0.25) is 0 Å². The van der Waals surface area contributed by atoms with Crippen molar-refractivity contribution in [3.8, 4) is 0 Å². The van der Waals surface area contributed by atoms with E-state index in [4.69, 9.17) is 28.9 Å². The van der Waals surface area contributed by atoms with Crippen LogP contribution in [0.5, 0.6) is 0 Å². The molecule has 1 aromatic carbocycles. The van der Waals surface area contributed by atoms with Crippen LogP contribution >= 0.6 is 50.5 Å². The Hall–Kier alpha value is -0.0600. The molecule has 1 aromatic heterocycles. The highest BCUT2D eigenvalue weighted by molar-refractivity contribution is 9.10. The van der Waals surface area contributed by atoms with Crippen molar-refractivity contribution in [2.24, 2.45) is 5.73 Å². The summed E-state index contributed by atoms with van der Waals surface area (Å²) in [5.41, 5.74) is 9.27. The molecule has 0 bridgehead atoms. The van der Waals surface area contributed by atoms with Crippen LogP contribution in [-0.2, 0) is 0 Å². The highest BCUT2D eigenvalue weighted by Gasteiger charge is 2.18. The normalized spacial score (nSPS) is 12.8. The van der Waals surface area contributed by atoms with E-state index in [-0.39, 0.29) is 6.04 Å². The average Bonchev–Trinajstić information content (AvgIpc) is 2.61. The SMILES string of the molecule is Cc1cccc(C(N)c2cc(Cl)sc2Cl)c1Br. The van der Waals surface area contributed by atoms with E-state index >= 15 is 0 Å². The minimum absolute atomic E-state index is 0.263. The molecule has 2 rings (SSSR count). The van der Waals surface area contributed by atoms with Gasteiger partial charge in [0.05, 0.1) is 14.7 Å². The van der Waals surface area contributed by atoms with Crippen molar-refractivity contribution >= 4 is 50.5 Å². The van der Waals surface area contributed by atoms with E-state index < -0.39 is 0 Å². The van der Waals surface area contributed by atoms with Gasteiger partial charge in [0.15, 0.2) is 0 Å². The first-order valence-corrected chi connectivity index (χ1v) is 7.32. The minimum atomic E-state index is -0.263. The third-order valence-corrected chi connectivity index (χ3v) is 5.18. The molecule has 17 heavy (non-hydrogen) atoms. The van der Waals surface area contributed by atoms with Crippen LogP contribution < -0.4 is 5.73 Å². The van der Waals surface area contributed by atoms with Gasteiger partial charge in [-0.1, -0.05) is 57.3 Å². The number of hydrogen-bond acceptors (Lipinski definition) is 2. The zero-order chi connectivity index (χ0) is 12.6. The number of aryl methyl sites for hydroxylation is 1. The molecule has 0 aliphatic carbocycles. The largest absolute Gasteiger partial charge is 0.320 e. The van der Waals surface area contributed by atoms with Crippen LogP contribution in [0, 0.1) is 6.92 Å². The summed E-state index contributed by atoms with van der Waals surface area (Å²) in [7, 11) is 0. The van der Waals surface area contributed by atoms with Gasteiger partial charge >= 0.3 is 0 Å². The molecule has 1 unspecified atom stereocenters. The highest BCUT2D eigenvalue weighted by Crippen LogP contribution is 2.38. The van der Waals surface area contributed by atoms with Crippen molar-refractivity contribution in [1.82, 2.24) is 0 Å². The minimum Gasteiger partial charge on any atom is -0.320 e. The first kappa shape index (κ1) is 13.4. The van der Waals surface area contributed by atoms with Crippen LogP contribution in [-0.4, -0.2) is 0 Å². The van der Waals surface area contributed by atoms with E-state index in [0.717, 1.165) is 21.2 Å². The van der Waals surface area contributed by atoms with Crippen molar-refractivity contribution in [1.29, 1.82) is 0 Å². The molecule has 0 amide bonds. The van der Waals surface area contributed by atoms with Crippen LogP contribution in [0.3, 0.4) is 0 Å². The van der Waals surface area contributed by atoms with Crippen molar-refractivity contribution in [3.63, 3.8) is 0 Å². The molecule has 2 aromatic rings. The van der Waals surface area contributed by atoms with E-state index in [1.54, 1.807) is 0 Å². The molecule has 5 heteroatoms. The Balaban J connectivity index is 2.47. The summed E-state index contributed by atoms with van der Waals surface area (Å²) in [6.45, 7) is 2.03. The lowest BCUT2D eigenvalue weighted by molar-refractivity contribution is 0.869. The molecule has 1 nitrogen and oxygen atoms in total. The fourth-order valence-electron chi connectivity index (χ4n) is 1.64. The molecular formula is C12H10BrCl2NS. The number of rotatable bonds is 2. The quantitative estimate of drug-likeness (QED) is 0.793. The monoisotopic (exact) mass is 349 g/mol. The summed E-state index contributed by atoms with van der Waals surface area (Å²) in [5.74, 6) is 0. The Morgan fingerprint density at radius 3 is 2.59 bits per heavy atom. The maximum absolute atomic E-state index is 6.23. The van der Waals surface area contributed by atoms with E-state index in [0.29, 0.717) is 8.67 Å². The number of nitrogens with two attached hydrogens (primary N) is 1. The first-order valence-electron chi connectivity index (χ1n) is 4.96. The molecule has 1 atom stereocenters. The Bertz CT molecular complexity index is 553. The Labute approximate surface area is 123 Å². The maximum Gasteiger partial charge on any atom is 0.0995 e. The number of thiophene rings is 1. The van der Waals surface area contributed by atoms with Crippen molar-refractivity contribution in [2.45, 2.75) is 13.0 Å². The summed E-state index contributed by atoms with van der Waals surface area (Å²) in [6, 6.07) is 7.57. The van der Waals surface area contributed by atoms with Gasteiger partial charge in [-0.15, -0.1) is 11.3 Å². The van der Waals surface area contributed by atoms with Crippen LogP contribution in [0.25, 0.3) is 0 Å². The number of benzene rings is 1. The zero-order valence-electron chi connectivity index (χ0n) is 9.01. The third kappa shape index (κ3) is 2.69. The van der Waals surface area contributed by atoms with Gasteiger partial charge in [0.25, 0.3) is 0 Å². The van der Waals surface area contributed by atoms with Crippen LogP contribution in [0.2, 0.25) is 8.67 Å². The lowest BCUT2D eigenvalue weighted by atomic mass is 10.0. The van der Waals surface area contributed by atoms with Gasteiger partial charge in [0, 0.05) is 10.0 Å². The van der Waals surface area contributed by atoms with E-state index in [9.17, 15) is 0 Å². The second kappa shape index (κ2) is 5.29. The molecule has 0 fully saturated rings. The fourth-order valence-corrected chi connectivity index (χ4v) is 3.70. The predicted molar refractivity (Wildman–Crippen MR) is 79.2 cm³/mol. The molecule has 0 aliphatic heterocycles. The van der Waals surface area contributed by atoms with E-state index in [1.165, 1.54) is 11.3 Å². The zero-order valence-corrected chi connectivity index (χ0v) is 12.9. The maximum atomic E-state index is 6.23. The summed E-state index contributed by atoms with van der Waals surface area (Å²) in [5, 5.41) is 0. The summed E-state index contributed by atoms with van der Waals surface area (Å²) >= 11 is 17.0. The summed E-state index contributed by atoms with van der Waals surface area (Å²) < 4.78 is 2.33. The van der Waals surface area contributed by atoms with Gasteiger partial charge in [-0.3, -0.25) is 0 Å². The molecular weight excluding hydrogens is 341 g/mol. The second-order valence-corrected chi connectivity index (χ2v) is 6.81. The molecule has 0 saturated heterocycles.